The molecule has 2 unspecified atom stereocenters. The summed E-state index contributed by atoms with van der Waals surface area (Å²) < 4.78 is 0. The highest BCUT2D eigenvalue weighted by molar-refractivity contribution is 7.99. The Morgan fingerprint density at radius 1 is 1.31 bits per heavy atom. The first-order valence-corrected chi connectivity index (χ1v) is 7.16. The Labute approximate surface area is 111 Å². The number of benzene rings is 1. The van der Waals surface area contributed by atoms with Gasteiger partial charge in [0.25, 0.3) is 0 Å². The molecule has 4 heteroatoms. The van der Waals surface area contributed by atoms with E-state index >= 15 is 0 Å². The SMILES string of the molecule is CC(C)C1SCc2c(Cl)ccc(Cl)c2C1N. The molecule has 0 aromatic heterocycles. The van der Waals surface area contributed by atoms with Gasteiger partial charge in [0.1, 0.15) is 0 Å². The molecule has 0 bridgehead atoms. The maximum absolute atomic E-state index is 6.30. The summed E-state index contributed by atoms with van der Waals surface area (Å²) in [6.45, 7) is 4.39. The molecule has 1 heterocycles. The summed E-state index contributed by atoms with van der Waals surface area (Å²) in [5, 5.41) is 1.95. The van der Waals surface area contributed by atoms with Gasteiger partial charge >= 0.3 is 0 Å². The fourth-order valence-electron chi connectivity index (χ4n) is 2.17. The summed E-state index contributed by atoms with van der Waals surface area (Å²) in [5.74, 6) is 1.45. The molecule has 0 saturated carbocycles. The fraction of sp³-hybridized carbons (Fsp3) is 0.500. The van der Waals surface area contributed by atoms with Gasteiger partial charge in [-0.15, -0.1) is 0 Å². The van der Waals surface area contributed by atoms with Crippen LogP contribution in [0.2, 0.25) is 10.0 Å². The quantitative estimate of drug-likeness (QED) is 0.829. The summed E-state index contributed by atoms with van der Waals surface area (Å²) in [6.07, 6.45) is 0. The van der Waals surface area contributed by atoms with Crippen LogP contribution >= 0.6 is 35.0 Å². The highest BCUT2D eigenvalue weighted by Gasteiger charge is 2.32. The lowest BCUT2D eigenvalue weighted by molar-refractivity contribution is 0.521. The zero-order valence-corrected chi connectivity index (χ0v) is 11.7. The van der Waals surface area contributed by atoms with Crippen molar-refractivity contribution >= 4 is 35.0 Å². The van der Waals surface area contributed by atoms with Gasteiger partial charge in [0.05, 0.1) is 0 Å². The molecule has 2 atom stereocenters. The van der Waals surface area contributed by atoms with Crippen LogP contribution in [0.1, 0.15) is 31.0 Å². The van der Waals surface area contributed by atoms with Gasteiger partial charge in [-0.25, -0.2) is 0 Å². The van der Waals surface area contributed by atoms with Crippen LogP contribution in [-0.2, 0) is 5.75 Å². The number of hydrogen-bond acceptors (Lipinski definition) is 2. The minimum atomic E-state index is -0.0139. The predicted octanol–water partition coefficient (Wildman–Crippen LogP) is 4.26. The molecule has 0 spiro atoms. The first-order valence-electron chi connectivity index (χ1n) is 5.36. The molecule has 1 aliphatic heterocycles. The van der Waals surface area contributed by atoms with Crippen LogP contribution in [0.3, 0.4) is 0 Å². The lowest BCUT2D eigenvalue weighted by Gasteiger charge is -2.34. The van der Waals surface area contributed by atoms with Gasteiger partial charge in [0.2, 0.25) is 0 Å². The van der Waals surface area contributed by atoms with Crippen molar-refractivity contribution < 1.29 is 0 Å². The second-order valence-electron chi connectivity index (χ2n) is 4.47. The van der Waals surface area contributed by atoms with Gasteiger partial charge in [-0.05, 0) is 29.2 Å². The average Bonchev–Trinajstić information content (AvgIpc) is 2.23. The number of nitrogens with two attached hydrogens (primary N) is 1. The van der Waals surface area contributed by atoms with Crippen LogP contribution in [0.4, 0.5) is 0 Å². The van der Waals surface area contributed by atoms with Crippen LogP contribution in [0, 0.1) is 5.92 Å². The van der Waals surface area contributed by atoms with Gasteiger partial charge in [0, 0.05) is 27.1 Å². The van der Waals surface area contributed by atoms with E-state index in [-0.39, 0.29) is 6.04 Å². The minimum Gasteiger partial charge on any atom is -0.323 e. The molecule has 2 N–H and O–H groups in total. The molecule has 0 radical (unpaired) electrons. The second-order valence-corrected chi connectivity index (χ2v) is 6.45. The monoisotopic (exact) mass is 275 g/mol. The van der Waals surface area contributed by atoms with Crippen molar-refractivity contribution in [2.24, 2.45) is 11.7 Å². The summed E-state index contributed by atoms with van der Waals surface area (Å²) >= 11 is 14.3. The third kappa shape index (κ3) is 2.08. The van der Waals surface area contributed by atoms with Crippen molar-refractivity contribution in [2.75, 3.05) is 0 Å². The summed E-state index contributed by atoms with van der Waals surface area (Å²) in [7, 11) is 0. The smallest absolute Gasteiger partial charge is 0.0458 e. The Morgan fingerprint density at radius 3 is 2.56 bits per heavy atom. The van der Waals surface area contributed by atoms with E-state index in [1.54, 1.807) is 0 Å². The predicted molar refractivity (Wildman–Crippen MR) is 73.3 cm³/mol. The molecule has 1 nitrogen and oxygen atoms in total. The Hall–Kier alpha value is 0.110. The van der Waals surface area contributed by atoms with E-state index < -0.39 is 0 Å². The average molecular weight is 276 g/mol. The van der Waals surface area contributed by atoms with Gasteiger partial charge < -0.3 is 5.73 Å². The number of fused-ring (bicyclic) bond motifs is 1. The molecule has 1 aromatic rings. The van der Waals surface area contributed by atoms with Gasteiger partial charge in [-0.1, -0.05) is 37.0 Å². The summed E-state index contributed by atoms with van der Waals surface area (Å²) in [6, 6.07) is 3.68. The Balaban J connectivity index is 2.48. The molecule has 2 rings (SSSR count). The number of thioether (sulfide) groups is 1. The number of halogens is 2. The lowest BCUT2D eigenvalue weighted by Crippen LogP contribution is -2.32. The van der Waals surface area contributed by atoms with E-state index in [9.17, 15) is 0 Å². The van der Waals surface area contributed by atoms with Gasteiger partial charge in [0.15, 0.2) is 0 Å². The normalized spacial score (nSPS) is 24.6. The van der Waals surface area contributed by atoms with Gasteiger partial charge in [-0.3, -0.25) is 0 Å². The van der Waals surface area contributed by atoms with E-state index in [2.05, 4.69) is 13.8 Å². The van der Waals surface area contributed by atoms with Crippen molar-refractivity contribution in [3.8, 4) is 0 Å². The largest absolute Gasteiger partial charge is 0.323 e. The highest BCUT2D eigenvalue weighted by atomic mass is 35.5. The van der Waals surface area contributed by atoms with Crippen molar-refractivity contribution in [1.82, 2.24) is 0 Å². The second kappa shape index (κ2) is 4.77. The molecule has 16 heavy (non-hydrogen) atoms. The number of rotatable bonds is 1. The topological polar surface area (TPSA) is 26.0 Å². The molecule has 0 amide bonds. The van der Waals surface area contributed by atoms with E-state index in [4.69, 9.17) is 28.9 Å². The number of hydrogen-bond donors (Lipinski definition) is 1. The van der Waals surface area contributed by atoms with E-state index in [1.807, 2.05) is 23.9 Å². The molecule has 1 aromatic carbocycles. The zero-order valence-electron chi connectivity index (χ0n) is 9.34. The van der Waals surface area contributed by atoms with E-state index in [0.29, 0.717) is 11.2 Å². The van der Waals surface area contributed by atoms with E-state index in [1.165, 1.54) is 0 Å². The Bertz CT molecular complexity index is 406. The molecular formula is C12H15Cl2NS. The molecular weight excluding hydrogens is 261 g/mol. The maximum Gasteiger partial charge on any atom is 0.0458 e. The first kappa shape index (κ1) is 12.6. The molecule has 1 aliphatic rings. The van der Waals surface area contributed by atoms with Crippen LogP contribution in [0.5, 0.6) is 0 Å². The zero-order chi connectivity index (χ0) is 11.9. The van der Waals surface area contributed by atoms with Crippen molar-refractivity contribution in [2.45, 2.75) is 30.9 Å². The highest BCUT2D eigenvalue weighted by Crippen LogP contribution is 2.44. The molecule has 88 valence electrons. The third-order valence-electron chi connectivity index (χ3n) is 3.01. The van der Waals surface area contributed by atoms with E-state index in [0.717, 1.165) is 26.9 Å². The molecule has 0 fully saturated rings. The lowest BCUT2D eigenvalue weighted by atomic mass is 9.93. The maximum atomic E-state index is 6.30. The van der Waals surface area contributed by atoms with Crippen molar-refractivity contribution in [1.29, 1.82) is 0 Å². The molecule has 0 aliphatic carbocycles. The summed E-state index contributed by atoms with van der Waals surface area (Å²) in [4.78, 5) is 0. The Kier molecular flexibility index (Phi) is 3.75. The van der Waals surface area contributed by atoms with Crippen molar-refractivity contribution in [3.63, 3.8) is 0 Å². The standard InChI is InChI=1S/C12H15Cl2NS/c1-6(2)12-11(15)10-7(5-16-12)8(13)3-4-9(10)14/h3-4,6,11-12H,5,15H2,1-2H3. The van der Waals surface area contributed by atoms with Crippen LogP contribution in [0.15, 0.2) is 12.1 Å². The third-order valence-corrected chi connectivity index (χ3v) is 5.37. The van der Waals surface area contributed by atoms with Gasteiger partial charge in [-0.2, -0.15) is 11.8 Å². The van der Waals surface area contributed by atoms with Crippen LogP contribution in [0.25, 0.3) is 0 Å². The van der Waals surface area contributed by atoms with Crippen molar-refractivity contribution in [3.05, 3.63) is 33.3 Å². The van der Waals surface area contributed by atoms with Crippen LogP contribution < -0.4 is 5.73 Å². The Morgan fingerprint density at radius 2 is 1.94 bits per heavy atom. The first-order chi connectivity index (χ1) is 7.52. The molecule has 0 saturated heterocycles. The summed E-state index contributed by atoms with van der Waals surface area (Å²) in [5.41, 5.74) is 8.46. The van der Waals surface area contributed by atoms with Crippen LogP contribution in [-0.4, -0.2) is 5.25 Å². The fourth-order valence-corrected chi connectivity index (χ4v) is 4.18. The minimum absolute atomic E-state index is 0.0139.